The number of methoxy groups -OCH3 is 3. The Hall–Kier alpha value is -5.03. The van der Waals surface area contributed by atoms with Gasteiger partial charge < -0.3 is 24.4 Å². The molecule has 0 aliphatic rings. The highest BCUT2D eigenvalue weighted by Crippen LogP contribution is 2.32. The van der Waals surface area contributed by atoms with Gasteiger partial charge in [-0.05, 0) is 61.4 Å². The lowest BCUT2D eigenvalue weighted by Gasteiger charge is -2.34. The normalized spacial score (nSPS) is 11.7. The number of carbonyl (C=O) groups is 2. The lowest BCUT2D eigenvalue weighted by atomic mass is 10.0. The highest BCUT2D eigenvalue weighted by atomic mass is 32.2. The molecule has 4 rings (SSSR count). The molecule has 0 spiro atoms. The molecule has 0 bridgehead atoms. The van der Waals surface area contributed by atoms with Crippen molar-refractivity contribution in [1.82, 2.24) is 10.2 Å². The van der Waals surface area contributed by atoms with E-state index >= 15 is 0 Å². The van der Waals surface area contributed by atoms with Crippen LogP contribution in [0.5, 0.6) is 17.2 Å². The van der Waals surface area contributed by atoms with Gasteiger partial charge in [-0.2, -0.15) is 0 Å². The predicted octanol–water partition coefficient (Wildman–Crippen LogP) is 4.99. The summed E-state index contributed by atoms with van der Waals surface area (Å²) in [7, 11) is 0.103. The van der Waals surface area contributed by atoms with Gasteiger partial charge in [0.15, 0.2) is 11.5 Å². The number of likely N-dealkylation sites (N-methyl/N-ethyl adjacent to an activating group) is 1. The van der Waals surface area contributed by atoms with Gasteiger partial charge >= 0.3 is 0 Å². The number of amides is 2. The second-order valence-electron chi connectivity index (χ2n) is 10.8. The molecule has 0 saturated carbocycles. The standard InChI is InChI=1S/C36H41N3O7S/c1-6-37-36(41)32(22-27-11-8-7-9-12-27)38(24-28-13-10-14-30(21-28)44-3)35(40)25-39(29-17-15-26(2)16-18-29)47(42,43)31-19-20-33(45-4)34(23-31)46-5/h7-21,23,32H,6,22,24-25H2,1-5H3,(H,37,41)/t32-/m0/s1. The van der Waals surface area contributed by atoms with Crippen molar-refractivity contribution in [3.63, 3.8) is 0 Å². The van der Waals surface area contributed by atoms with Crippen molar-refractivity contribution in [2.75, 3.05) is 38.7 Å². The van der Waals surface area contributed by atoms with Crippen molar-refractivity contribution < 1.29 is 32.2 Å². The van der Waals surface area contributed by atoms with E-state index in [-0.39, 0.29) is 35.2 Å². The Morgan fingerprint density at radius 2 is 1.47 bits per heavy atom. The Balaban J connectivity index is 1.82. The summed E-state index contributed by atoms with van der Waals surface area (Å²) in [5.41, 5.74) is 2.77. The summed E-state index contributed by atoms with van der Waals surface area (Å²) >= 11 is 0. The van der Waals surface area contributed by atoms with Gasteiger partial charge in [-0.3, -0.25) is 13.9 Å². The number of hydrogen-bond donors (Lipinski definition) is 1. The largest absolute Gasteiger partial charge is 0.497 e. The van der Waals surface area contributed by atoms with Crippen LogP contribution in [0, 0.1) is 6.92 Å². The zero-order chi connectivity index (χ0) is 34.0. The Labute approximate surface area is 276 Å². The number of ether oxygens (including phenoxy) is 3. The summed E-state index contributed by atoms with van der Waals surface area (Å²) in [4.78, 5) is 29.6. The van der Waals surface area contributed by atoms with E-state index in [1.165, 1.54) is 37.3 Å². The fraction of sp³-hybridized carbons (Fsp3) is 0.278. The van der Waals surface area contributed by atoms with Crippen LogP contribution in [-0.4, -0.2) is 65.6 Å². The van der Waals surface area contributed by atoms with Crippen LogP contribution in [0.15, 0.2) is 102 Å². The summed E-state index contributed by atoms with van der Waals surface area (Å²) in [5, 5.41) is 2.87. The van der Waals surface area contributed by atoms with Gasteiger partial charge in [-0.15, -0.1) is 0 Å². The molecule has 4 aromatic rings. The van der Waals surface area contributed by atoms with Crippen molar-refractivity contribution in [3.8, 4) is 17.2 Å². The molecule has 47 heavy (non-hydrogen) atoms. The average molecular weight is 660 g/mol. The monoisotopic (exact) mass is 659 g/mol. The van der Waals surface area contributed by atoms with Crippen LogP contribution in [0.2, 0.25) is 0 Å². The van der Waals surface area contributed by atoms with Gasteiger partial charge in [-0.1, -0.05) is 60.2 Å². The van der Waals surface area contributed by atoms with Crippen molar-refractivity contribution >= 4 is 27.5 Å². The molecule has 248 valence electrons. The minimum absolute atomic E-state index is 0.0306. The SMILES string of the molecule is CCNC(=O)[C@H](Cc1ccccc1)N(Cc1cccc(OC)c1)C(=O)CN(c1ccc(C)cc1)S(=O)(=O)c1ccc(OC)c(OC)c1. The van der Waals surface area contributed by atoms with Crippen LogP contribution in [0.4, 0.5) is 5.69 Å². The third-order valence-corrected chi connectivity index (χ3v) is 9.42. The second-order valence-corrected chi connectivity index (χ2v) is 12.7. The molecule has 0 radical (unpaired) electrons. The first kappa shape index (κ1) is 34.8. The lowest BCUT2D eigenvalue weighted by Crippen LogP contribution is -2.53. The molecule has 0 saturated heterocycles. The van der Waals surface area contributed by atoms with Crippen LogP contribution in [-0.2, 0) is 32.6 Å². The van der Waals surface area contributed by atoms with E-state index in [0.717, 1.165) is 15.4 Å². The zero-order valence-corrected chi connectivity index (χ0v) is 28.1. The molecule has 0 fully saturated rings. The van der Waals surface area contributed by atoms with E-state index in [4.69, 9.17) is 14.2 Å². The van der Waals surface area contributed by atoms with E-state index < -0.39 is 28.5 Å². The Morgan fingerprint density at radius 1 is 0.787 bits per heavy atom. The number of nitrogens with one attached hydrogen (secondary N) is 1. The molecule has 2 amide bonds. The van der Waals surface area contributed by atoms with Gasteiger partial charge in [0, 0.05) is 25.6 Å². The first-order valence-corrected chi connectivity index (χ1v) is 16.6. The Bertz CT molecular complexity index is 1760. The number of hydrogen-bond acceptors (Lipinski definition) is 7. The van der Waals surface area contributed by atoms with Gasteiger partial charge in [0.25, 0.3) is 10.0 Å². The topological polar surface area (TPSA) is 114 Å². The molecule has 10 nitrogen and oxygen atoms in total. The Morgan fingerprint density at radius 3 is 2.11 bits per heavy atom. The van der Waals surface area contributed by atoms with Gasteiger partial charge in [-0.25, -0.2) is 8.42 Å². The molecule has 0 aromatic heterocycles. The maximum Gasteiger partial charge on any atom is 0.264 e. The number of rotatable bonds is 15. The molecule has 1 N–H and O–H groups in total. The molecule has 11 heteroatoms. The lowest BCUT2D eigenvalue weighted by molar-refractivity contribution is -0.140. The van der Waals surface area contributed by atoms with Crippen LogP contribution in [0.25, 0.3) is 0 Å². The summed E-state index contributed by atoms with van der Waals surface area (Å²) in [5.74, 6) is 0.258. The van der Waals surface area contributed by atoms with E-state index in [1.54, 1.807) is 56.5 Å². The second kappa shape index (κ2) is 16.0. The number of sulfonamides is 1. The number of aryl methyl sites for hydroxylation is 1. The van der Waals surface area contributed by atoms with E-state index in [0.29, 0.717) is 23.6 Å². The van der Waals surface area contributed by atoms with Crippen molar-refractivity contribution in [3.05, 3.63) is 114 Å². The molecule has 1 atom stereocenters. The Kier molecular flexibility index (Phi) is 11.9. The first-order valence-electron chi connectivity index (χ1n) is 15.2. The molecule has 4 aromatic carbocycles. The van der Waals surface area contributed by atoms with Gasteiger partial charge in [0.1, 0.15) is 18.3 Å². The molecule has 0 aliphatic heterocycles. The highest BCUT2D eigenvalue weighted by molar-refractivity contribution is 7.92. The van der Waals surface area contributed by atoms with Gasteiger partial charge in [0.05, 0.1) is 31.9 Å². The van der Waals surface area contributed by atoms with E-state index in [2.05, 4.69) is 5.32 Å². The van der Waals surface area contributed by atoms with Crippen LogP contribution in [0.3, 0.4) is 0 Å². The molecule has 0 heterocycles. The predicted molar refractivity (Wildman–Crippen MR) is 181 cm³/mol. The van der Waals surface area contributed by atoms with E-state index in [9.17, 15) is 18.0 Å². The number of carbonyl (C=O) groups excluding carboxylic acids is 2. The summed E-state index contributed by atoms with van der Waals surface area (Å²) < 4.78 is 45.8. The number of nitrogens with zero attached hydrogens (tertiary/aromatic N) is 2. The van der Waals surface area contributed by atoms with Gasteiger partial charge in [0.2, 0.25) is 11.8 Å². The minimum atomic E-state index is -4.32. The molecule has 0 unspecified atom stereocenters. The molecule has 0 aliphatic carbocycles. The quantitative estimate of drug-likeness (QED) is 0.191. The first-order chi connectivity index (χ1) is 22.6. The fourth-order valence-corrected chi connectivity index (χ4v) is 6.59. The maximum absolute atomic E-state index is 14.6. The van der Waals surface area contributed by atoms with Crippen molar-refractivity contribution in [1.29, 1.82) is 0 Å². The third-order valence-electron chi connectivity index (χ3n) is 7.65. The minimum Gasteiger partial charge on any atom is -0.497 e. The summed E-state index contributed by atoms with van der Waals surface area (Å²) in [6, 6.07) is 26.8. The van der Waals surface area contributed by atoms with Crippen LogP contribution in [0.1, 0.15) is 23.6 Å². The zero-order valence-electron chi connectivity index (χ0n) is 27.3. The maximum atomic E-state index is 14.6. The average Bonchev–Trinajstić information content (AvgIpc) is 3.09. The number of benzene rings is 4. The highest BCUT2D eigenvalue weighted by Gasteiger charge is 2.35. The molecular formula is C36H41N3O7S. The van der Waals surface area contributed by atoms with E-state index in [1.807, 2.05) is 43.3 Å². The third kappa shape index (κ3) is 8.62. The smallest absolute Gasteiger partial charge is 0.264 e. The van der Waals surface area contributed by atoms with Crippen LogP contribution < -0.4 is 23.8 Å². The van der Waals surface area contributed by atoms with Crippen molar-refractivity contribution in [2.45, 2.75) is 37.8 Å². The van der Waals surface area contributed by atoms with Crippen LogP contribution >= 0.6 is 0 Å². The fourth-order valence-electron chi connectivity index (χ4n) is 5.16. The van der Waals surface area contributed by atoms with Crippen molar-refractivity contribution in [2.24, 2.45) is 0 Å². The summed E-state index contributed by atoms with van der Waals surface area (Å²) in [6.07, 6.45) is 0.218. The summed E-state index contributed by atoms with van der Waals surface area (Å²) in [6.45, 7) is 3.50. The molecular weight excluding hydrogens is 618 g/mol. The number of anilines is 1.